The van der Waals surface area contributed by atoms with Crippen LogP contribution in [0, 0.1) is 0 Å². The van der Waals surface area contributed by atoms with E-state index in [1.807, 2.05) is 25.9 Å². The number of carbonyl (C=O) groups is 2. The third-order valence-corrected chi connectivity index (χ3v) is 4.48. The maximum absolute atomic E-state index is 11.3. The van der Waals surface area contributed by atoms with Crippen LogP contribution < -0.4 is 15.8 Å². The van der Waals surface area contributed by atoms with E-state index in [4.69, 9.17) is 14.3 Å². The van der Waals surface area contributed by atoms with Gasteiger partial charge in [0.2, 0.25) is 6.41 Å². The number of carboxylic acid groups (broad SMARTS) is 1. The number of anilines is 1. The van der Waals surface area contributed by atoms with Crippen molar-refractivity contribution in [3.8, 4) is 0 Å². The maximum atomic E-state index is 11.3. The quantitative estimate of drug-likeness (QED) is 0.394. The van der Waals surface area contributed by atoms with Gasteiger partial charge in [0.15, 0.2) is 5.58 Å². The lowest BCUT2D eigenvalue weighted by atomic mass is 10.3. The highest BCUT2D eigenvalue weighted by atomic mass is 32.1. The van der Waals surface area contributed by atoms with Crippen LogP contribution in [0.4, 0.5) is 5.00 Å². The van der Waals surface area contributed by atoms with Gasteiger partial charge in [0, 0.05) is 20.2 Å². The van der Waals surface area contributed by atoms with Crippen LogP contribution in [-0.2, 0) is 9.53 Å². The predicted octanol–water partition coefficient (Wildman–Crippen LogP) is 2.97. The lowest BCUT2D eigenvalue weighted by Crippen LogP contribution is -2.12. The Balaban J connectivity index is 0.000000295. The van der Waals surface area contributed by atoms with Gasteiger partial charge in [-0.25, -0.2) is 9.59 Å². The van der Waals surface area contributed by atoms with Crippen molar-refractivity contribution in [2.45, 2.75) is 6.92 Å². The second-order valence-electron chi connectivity index (χ2n) is 5.34. The molecule has 0 saturated heterocycles. The van der Waals surface area contributed by atoms with Crippen molar-refractivity contribution in [2.75, 3.05) is 25.6 Å². The summed E-state index contributed by atoms with van der Waals surface area (Å²) in [5.74, 6) is -0.741. The van der Waals surface area contributed by atoms with Gasteiger partial charge in [-0.05, 0) is 25.1 Å². The first-order valence-electron chi connectivity index (χ1n) is 8.09. The lowest BCUT2D eigenvalue weighted by molar-refractivity contribution is -0.108. The van der Waals surface area contributed by atoms with Gasteiger partial charge < -0.3 is 24.5 Å². The van der Waals surface area contributed by atoms with E-state index >= 15 is 0 Å². The molecule has 9 heteroatoms. The lowest BCUT2D eigenvalue weighted by Gasteiger charge is -2.07. The van der Waals surface area contributed by atoms with Crippen LogP contribution in [0.15, 0.2) is 58.1 Å². The van der Waals surface area contributed by atoms with Gasteiger partial charge in [-0.1, -0.05) is 13.2 Å². The Morgan fingerprint density at radius 3 is 2.50 bits per heavy atom. The Kier molecular flexibility index (Phi) is 8.70. The molecular weight excluding hydrogens is 384 g/mol. The predicted molar refractivity (Wildman–Crippen MR) is 110 cm³/mol. The van der Waals surface area contributed by atoms with Gasteiger partial charge in [0.05, 0.1) is 22.0 Å². The van der Waals surface area contributed by atoms with E-state index < -0.39 is 11.6 Å². The molecule has 0 aliphatic rings. The van der Waals surface area contributed by atoms with E-state index in [1.54, 1.807) is 6.07 Å². The second kappa shape index (κ2) is 10.7. The SMILES string of the molecule is C=C/C(NC=O)=C(\C=C)OCC.CN(C)c1cc2oc(=O)c(C(=O)O)cc2s1. The van der Waals surface area contributed by atoms with Crippen molar-refractivity contribution >= 4 is 39.0 Å². The summed E-state index contributed by atoms with van der Waals surface area (Å²) in [5, 5.41) is 12.1. The Hall–Kier alpha value is -3.33. The van der Waals surface area contributed by atoms with Gasteiger partial charge in [0.1, 0.15) is 11.3 Å². The summed E-state index contributed by atoms with van der Waals surface area (Å²) < 4.78 is 10.8. The normalized spacial score (nSPS) is 10.8. The molecule has 0 unspecified atom stereocenters. The fourth-order valence-electron chi connectivity index (χ4n) is 1.97. The third kappa shape index (κ3) is 5.85. The molecule has 2 aromatic rings. The number of ether oxygens (including phenoxy) is 1. The van der Waals surface area contributed by atoms with Gasteiger partial charge in [-0.3, -0.25) is 4.79 Å². The zero-order valence-corrected chi connectivity index (χ0v) is 16.7. The van der Waals surface area contributed by atoms with Crippen LogP contribution in [0.5, 0.6) is 0 Å². The number of nitrogens with zero attached hydrogens (tertiary/aromatic N) is 1. The van der Waals surface area contributed by atoms with Gasteiger partial charge >= 0.3 is 11.6 Å². The molecule has 150 valence electrons. The minimum atomic E-state index is -1.27. The van der Waals surface area contributed by atoms with Gasteiger partial charge in [-0.15, -0.1) is 11.3 Å². The van der Waals surface area contributed by atoms with E-state index in [2.05, 4.69) is 18.5 Å². The molecule has 0 spiro atoms. The molecule has 0 fully saturated rings. The number of fused-ring (bicyclic) bond motifs is 1. The summed E-state index contributed by atoms with van der Waals surface area (Å²) >= 11 is 1.38. The average molecular weight is 406 g/mol. The number of carboxylic acids is 1. The number of allylic oxidation sites excluding steroid dienone is 2. The second-order valence-corrected chi connectivity index (χ2v) is 6.40. The number of amides is 1. The smallest absolute Gasteiger partial charge is 0.351 e. The standard InChI is InChI=1S/C10H9NO4S.C9H13NO2/c1-11(2)8-4-6-7(16-8)3-5(9(12)13)10(14)15-6;1-4-8(10-7-11)9(5-2)12-6-3/h3-4H,1-2H3,(H,12,13);4-5,7H,1-2,6H2,3H3,(H,10,11)/b;9-8-. The average Bonchev–Trinajstić information content (AvgIpc) is 3.07. The fourth-order valence-corrected chi connectivity index (χ4v) is 2.92. The molecule has 0 saturated carbocycles. The molecule has 0 bridgehead atoms. The molecule has 2 N–H and O–H groups in total. The number of thiophene rings is 1. The largest absolute Gasteiger partial charge is 0.492 e. The van der Waals surface area contributed by atoms with E-state index in [0.29, 0.717) is 34.8 Å². The van der Waals surface area contributed by atoms with E-state index in [0.717, 1.165) is 5.00 Å². The Morgan fingerprint density at radius 1 is 1.36 bits per heavy atom. The molecular formula is C19H22N2O6S. The topological polar surface area (TPSA) is 109 Å². The first-order valence-corrected chi connectivity index (χ1v) is 8.91. The molecule has 0 atom stereocenters. The molecule has 1 amide bonds. The van der Waals surface area contributed by atoms with Crippen LogP contribution in [0.1, 0.15) is 17.3 Å². The zero-order valence-electron chi connectivity index (χ0n) is 15.9. The van der Waals surface area contributed by atoms with Crippen molar-refractivity contribution in [1.82, 2.24) is 5.32 Å². The number of aromatic carboxylic acids is 1. The molecule has 0 aliphatic heterocycles. The van der Waals surface area contributed by atoms with Crippen molar-refractivity contribution in [3.05, 3.63) is 64.9 Å². The van der Waals surface area contributed by atoms with Crippen LogP contribution in [0.3, 0.4) is 0 Å². The number of nitrogens with one attached hydrogen (secondary N) is 1. The third-order valence-electron chi connectivity index (χ3n) is 3.25. The summed E-state index contributed by atoms with van der Waals surface area (Å²) in [6.45, 7) is 9.45. The molecule has 2 heterocycles. The van der Waals surface area contributed by atoms with E-state index in [-0.39, 0.29) is 5.56 Å². The van der Waals surface area contributed by atoms with Crippen LogP contribution in [0.2, 0.25) is 0 Å². The van der Waals surface area contributed by atoms with Gasteiger partial charge in [0.25, 0.3) is 0 Å². The zero-order chi connectivity index (χ0) is 21.3. The van der Waals surface area contributed by atoms with E-state index in [9.17, 15) is 14.4 Å². The number of rotatable bonds is 8. The van der Waals surface area contributed by atoms with Crippen molar-refractivity contribution < 1.29 is 23.8 Å². The molecule has 28 heavy (non-hydrogen) atoms. The van der Waals surface area contributed by atoms with Crippen LogP contribution >= 0.6 is 11.3 Å². The first-order chi connectivity index (χ1) is 13.3. The number of hydrogen-bond acceptors (Lipinski definition) is 7. The Morgan fingerprint density at radius 2 is 2.04 bits per heavy atom. The van der Waals surface area contributed by atoms with Gasteiger partial charge in [-0.2, -0.15) is 0 Å². The Labute approximate surface area is 166 Å². The van der Waals surface area contributed by atoms with Crippen LogP contribution in [-0.4, -0.2) is 38.2 Å². The summed E-state index contributed by atoms with van der Waals surface area (Å²) in [5.41, 5.74) is -0.201. The summed E-state index contributed by atoms with van der Waals surface area (Å²) in [4.78, 5) is 34.0. The summed E-state index contributed by atoms with van der Waals surface area (Å²) in [6, 6.07) is 3.06. The monoisotopic (exact) mass is 406 g/mol. The first kappa shape index (κ1) is 22.7. The van der Waals surface area contributed by atoms with Crippen molar-refractivity contribution in [2.24, 2.45) is 0 Å². The number of hydrogen-bond donors (Lipinski definition) is 2. The number of carbonyl (C=O) groups excluding carboxylic acids is 1. The van der Waals surface area contributed by atoms with Crippen molar-refractivity contribution in [1.29, 1.82) is 0 Å². The molecule has 2 rings (SSSR count). The summed E-state index contributed by atoms with van der Waals surface area (Å²) in [7, 11) is 3.72. The van der Waals surface area contributed by atoms with Crippen molar-refractivity contribution in [3.63, 3.8) is 0 Å². The highest BCUT2D eigenvalue weighted by Crippen LogP contribution is 2.30. The Bertz CT molecular complexity index is 955. The molecule has 0 radical (unpaired) electrons. The molecule has 0 aromatic carbocycles. The maximum Gasteiger partial charge on any atom is 0.351 e. The summed E-state index contributed by atoms with van der Waals surface area (Å²) in [6.07, 6.45) is 3.59. The molecule has 8 nitrogen and oxygen atoms in total. The highest BCUT2D eigenvalue weighted by molar-refractivity contribution is 7.22. The minimum Gasteiger partial charge on any atom is -0.492 e. The fraction of sp³-hybridized carbons (Fsp3) is 0.211. The van der Waals surface area contributed by atoms with Crippen LogP contribution in [0.25, 0.3) is 10.3 Å². The van der Waals surface area contributed by atoms with E-state index in [1.165, 1.54) is 29.6 Å². The molecule has 0 aliphatic carbocycles. The highest BCUT2D eigenvalue weighted by Gasteiger charge is 2.14. The molecule has 2 aromatic heterocycles. The minimum absolute atomic E-state index is 0.334.